The normalized spacial score (nSPS) is 20.2. The Morgan fingerprint density at radius 2 is 2.19 bits per heavy atom. The molecule has 2 rings (SSSR count). The molecule has 0 saturated carbocycles. The molecule has 0 amide bonds. The van der Waals surface area contributed by atoms with Crippen molar-refractivity contribution in [3.05, 3.63) is 35.1 Å². The monoisotopic (exact) mass is 384 g/mol. The molecule has 1 aliphatic rings. The molecule has 1 aliphatic heterocycles. The number of guanidine groups is 1. The maximum Gasteiger partial charge on any atom is 0.211 e. The van der Waals surface area contributed by atoms with Crippen molar-refractivity contribution in [3.63, 3.8) is 0 Å². The fourth-order valence-electron chi connectivity index (χ4n) is 3.11. The number of nitrogens with zero attached hydrogens (tertiary/aromatic N) is 2. The molecular weight excluding hydrogens is 355 g/mol. The van der Waals surface area contributed by atoms with Crippen LogP contribution in [-0.4, -0.2) is 50.6 Å². The lowest BCUT2D eigenvalue weighted by atomic mass is 10.1. The maximum absolute atomic E-state index is 13.8. The first kappa shape index (κ1) is 20.6. The Kier molecular flexibility index (Phi) is 7.00. The number of aliphatic imine (C=N–C) groups is 1. The summed E-state index contributed by atoms with van der Waals surface area (Å²) in [6, 6.07) is 4.95. The van der Waals surface area contributed by atoms with Gasteiger partial charge in [0.1, 0.15) is 5.82 Å². The molecule has 0 aliphatic carbocycles. The van der Waals surface area contributed by atoms with Crippen LogP contribution in [-0.2, 0) is 10.0 Å². The third kappa shape index (κ3) is 5.41. The summed E-state index contributed by atoms with van der Waals surface area (Å²) in [5.41, 5.74) is 1.45. The van der Waals surface area contributed by atoms with E-state index in [9.17, 15) is 12.8 Å². The van der Waals surface area contributed by atoms with Gasteiger partial charge in [-0.1, -0.05) is 12.1 Å². The fourth-order valence-corrected chi connectivity index (χ4v) is 4.29. The van der Waals surface area contributed by atoms with E-state index in [1.807, 2.05) is 19.9 Å². The molecule has 6 nitrogen and oxygen atoms in total. The van der Waals surface area contributed by atoms with Gasteiger partial charge in [0.2, 0.25) is 10.0 Å². The topological polar surface area (TPSA) is 73.8 Å². The van der Waals surface area contributed by atoms with Crippen molar-refractivity contribution in [3.8, 4) is 0 Å². The van der Waals surface area contributed by atoms with Crippen molar-refractivity contribution in [1.29, 1.82) is 0 Å². The number of aryl methyl sites for hydroxylation is 1. The van der Waals surface area contributed by atoms with Gasteiger partial charge in [0.25, 0.3) is 0 Å². The largest absolute Gasteiger partial charge is 0.357 e. The van der Waals surface area contributed by atoms with E-state index in [2.05, 4.69) is 15.6 Å². The van der Waals surface area contributed by atoms with Gasteiger partial charge in [0, 0.05) is 19.1 Å². The van der Waals surface area contributed by atoms with Crippen molar-refractivity contribution in [2.24, 2.45) is 4.99 Å². The molecule has 2 atom stereocenters. The van der Waals surface area contributed by atoms with Crippen LogP contribution in [0, 0.1) is 12.7 Å². The molecule has 8 heteroatoms. The first-order valence-corrected chi connectivity index (χ1v) is 10.8. The average Bonchev–Trinajstić information content (AvgIpc) is 3.04. The molecule has 0 aromatic heterocycles. The minimum atomic E-state index is -3.21. The van der Waals surface area contributed by atoms with Gasteiger partial charge in [-0.15, -0.1) is 0 Å². The summed E-state index contributed by atoms with van der Waals surface area (Å²) in [5, 5.41) is 6.43. The number of hydrogen-bond acceptors (Lipinski definition) is 3. The molecule has 1 heterocycles. The van der Waals surface area contributed by atoms with Crippen LogP contribution in [0.3, 0.4) is 0 Å². The summed E-state index contributed by atoms with van der Waals surface area (Å²) in [6.07, 6.45) is 2.91. The summed E-state index contributed by atoms with van der Waals surface area (Å²) in [4.78, 5) is 4.56. The molecule has 0 radical (unpaired) electrons. The van der Waals surface area contributed by atoms with Gasteiger partial charge < -0.3 is 10.6 Å². The second-order valence-electron chi connectivity index (χ2n) is 6.76. The Labute approximate surface area is 155 Å². The van der Waals surface area contributed by atoms with E-state index in [1.54, 1.807) is 13.0 Å². The number of rotatable bonds is 6. The van der Waals surface area contributed by atoms with E-state index >= 15 is 0 Å². The van der Waals surface area contributed by atoms with Crippen molar-refractivity contribution >= 4 is 16.0 Å². The summed E-state index contributed by atoms with van der Waals surface area (Å²) in [7, 11) is -3.21. The van der Waals surface area contributed by atoms with Crippen molar-refractivity contribution < 1.29 is 12.8 Å². The standard InChI is InChI=1S/C18H29FN4O2S/c1-5-20-18(21-12-16-7-6-10-23(16)26(4,24)25)22-14(3)15-9-8-13(2)17(19)11-15/h8-9,11,14,16H,5-7,10,12H2,1-4H3,(H2,20,21,22)/t14?,16-/m1/s1. The Balaban J connectivity index is 2.07. The van der Waals surface area contributed by atoms with Crippen LogP contribution in [0.15, 0.2) is 23.2 Å². The number of sulfonamides is 1. The first-order valence-electron chi connectivity index (χ1n) is 9.00. The number of nitrogens with one attached hydrogen (secondary N) is 2. The summed E-state index contributed by atoms with van der Waals surface area (Å²) >= 11 is 0. The number of hydrogen-bond donors (Lipinski definition) is 2. The molecule has 1 unspecified atom stereocenters. The van der Waals surface area contributed by atoms with E-state index in [4.69, 9.17) is 0 Å². The van der Waals surface area contributed by atoms with Gasteiger partial charge in [-0.3, -0.25) is 4.99 Å². The molecule has 1 fully saturated rings. The lowest BCUT2D eigenvalue weighted by Gasteiger charge is -2.22. The second kappa shape index (κ2) is 8.81. The van der Waals surface area contributed by atoms with Gasteiger partial charge in [0.05, 0.1) is 18.8 Å². The van der Waals surface area contributed by atoms with E-state index in [-0.39, 0.29) is 17.9 Å². The minimum absolute atomic E-state index is 0.104. The molecular formula is C18H29FN4O2S. The number of benzene rings is 1. The average molecular weight is 385 g/mol. The lowest BCUT2D eigenvalue weighted by molar-refractivity contribution is 0.396. The summed E-state index contributed by atoms with van der Waals surface area (Å²) in [6.45, 7) is 7.28. The summed E-state index contributed by atoms with van der Waals surface area (Å²) in [5.74, 6) is 0.370. The second-order valence-corrected chi connectivity index (χ2v) is 8.70. The Morgan fingerprint density at radius 3 is 2.81 bits per heavy atom. The zero-order valence-corrected chi connectivity index (χ0v) is 16.7. The quantitative estimate of drug-likeness (QED) is 0.582. The predicted octanol–water partition coefficient (Wildman–Crippen LogP) is 2.17. The molecule has 0 spiro atoms. The molecule has 146 valence electrons. The molecule has 1 aromatic carbocycles. The third-order valence-corrected chi connectivity index (χ3v) is 5.94. The van der Waals surface area contributed by atoms with Crippen LogP contribution in [0.4, 0.5) is 4.39 Å². The highest BCUT2D eigenvalue weighted by Crippen LogP contribution is 2.20. The van der Waals surface area contributed by atoms with E-state index in [0.717, 1.165) is 18.4 Å². The molecule has 1 saturated heterocycles. The molecule has 2 N–H and O–H groups in total. The van der Waals surface area contributed by atoms with Crippen LogP contribution in [0.2, 0.25) is 0 Å². The smallest absolute Gasteiger partial charge is 0.211 e. The van der Waals surface area contributed by atoms with Crippen molar-refractivity contribution in [2.75, 3.05) is 25.9 Å². The first-order chi connectivity index (χ1) is 12.2. The molecule has 26 heavy (non-hydrogen) atoms. The number of halogens is 1. The maximum atomic E-state index is 13.8. The van der Waals surface area contributed by atoms with Gasteiger partial charge in [-0.05, 0) is 50.8 Å². The van der Waals surface area contributed by atoms with E-state index in [0.29, 0.717) is 31.2 Å². The third-order valence-electron chi connectivity index (χ3n) is 4.60. The van der Waals surface area contributed by atoms with Gasteiger partial charge in [-0.25, -0.2) is 12.8 Å². The lowest BCUT2D eigenvalue weighted by Crippen LogP contribution is -2.41. The Bertz CT molecular complexity index is 752. The highest BCUT2D eigenvalue weighted by molar-refractivity contribution is 7.88. The Hall–Kier alpha value is -1.67. The van der Waals surface area contributed by atoms with Crippen molar-refractivity contribution in [2.45, 2.75) is 45.7 Å². The van der Waals surface area contributed by atoms with Crippen LogP contribution in [0.5, 0.6) is 0 Å². The van der Waals surface area contributed by atoms with Crippen molar-refractivity contribution in [1.82, 2.24) is 14.9 Å². The van der Waals surface area contributed by atoms with E-state index < -0.39 is 10.0 Å². The highest BCUT2D eigenvalue weighted by atomic mass is 32.2. The molecule has 0 bridgehead atoms. The zero-order valence-electron chi connectivity index (χ0n) is 15.9. The van der Waals surface area contributed by atoms with Crippen LogP contribution >= 0.6 is 0 Å². The minimum Gasteiger partial charge on any atom is -0.357 e. The predicted molar refractivity (Wildman–Crippen MR) is 103 cm³/mol. The van der Waals surface area contributed by atoms with Crippen LogP contribution in [0.1, 0.15) is 43.9 Å². The van der Waals surface area contributed by atoms with Crippen LogP contribution < -0.4 is 10.6 Å². The van der Waals surface area contributed by atoms with Gasteiger partial charge in [-0.2, -0.15) is 4.31 Å². The van der Waals surface area contributed by atoms with E-state index in [1.165, 1.54) is 16.6 Å². The Morgan fingerprint density at radius 1 is 1.46 bits per heavy atom. The SMILES string of the molecule is CCNC(=NC[C@H]1CCCN1S(C)(=O)=O)NC(C)c1ccc(C)c(F)c1. The summed E-state index contributed by atoms with van der Waals surface area (Å²) < 4.78 is 39.0. The zero-order chi connectivity index (χ0) is 19.3. The fraction of sp³-hybridized carbons (Fsp3) is 0.611. The highest BCUT2D eigenvalue weighted by Gasteiger charge is 2.31. The van der Waals surface area contributed by atoms with Gasteiger partial charge in [0.15, 0.2) is 5.96 Å². The van der Waals surface area contributed by atoms with Crippen LogP contribution in [0.25, 0.3) is 0 Å². The van der Waals surface area contributed by atoms with Gasteiger partial charge >= 0.3 is 0 Å². The molecule has 1 aromatic rings.